The average Bonchev–Trinajstić information content (AvgIpc) is 2.29. The molecule has 3 rings (SSSR count). The first-order chi connectivity index (χ1) is 7.38. The molecule has 4 unspecified atom stereocenters. The molecule has 4 atom stereocenters. The van der Waals surface area contributed by atoms with Gasteiger partial charge in [0.2, 0.25) is 0 Å². The van der Waals surface area contributed by atoms with Crippen molar-refractivity contribution in [2.45, 2.75) is 50.9 Å². The van der Waals surface area contributed by atoms with Gasteiger partial charge >= 0.3 is 0 Å². The zero-order valence-corrected chi connectivity index (χ0v) is 9.37. The van der Waals surface area contributed by atoms with E-state index in [1.807, 2.05) is 0 Å². The number of rotatable bonds is 1. The van der Waals surface area contributed by atoms with Gasteiger partial charge in [-0.1, -0.05) is 30.7 Å². The fraction of sp³-hybridized carbons (Fsp3) is 0.692. The minimum Gasteiger partial charge on any atom is -0.298 e. The summed E-state index contributed by atoms with van der Waals surface area (Å²) in [7, 11) is 0. The van der Waals surface area contributed by atoms with Gasteiger partial charge in [0.15, 0.2) is 0 Å². The predicted molar refractivity (Wildman–Crippen MR) is 62.5 cm³/mol. The molecule has 15 heavy (non-hydrogen) atoms. The number of hydrogen-bond donors (Lipinski definition) is 2. The van der Waals surface area contributed by atoms with E-state index in [0.29, 0.717) is 18.2 Å². The summed E-state index contributed by atoms with van der Waals surface area (Å²) in [6, 6.07) is 1.30. The van der Waals surface area contributed by atoms with E-state index in [2.05, 4.69) is 35.8 Å². The first-order valence-corrected chi connectivity index (χ1v) is 6.28. The second kappa shape index (κ2) is 3.76. The molecule has 1 saturated heterocycles. The van der Waals surface area contributed by atoms with Gasteiger partial charge in [-0.05, 0) is 25.7 Å². The zero-order valence-electron chi connectivity index (χ0n) is 9.37. The zero-order chi connectivity index (χ0) is 10.3. The van der Waals surface area contributed by atoms with Crippen molar-refractivity contribution < 1.29 is 0 Å². The van der Waals surface area contributed by atoms with Gasteiger partial charge < -0.3 is 0 Å². The van der Waals surface area contributed by atoms with Gasteiger partial charge in [-0.2, -0.15) is 0 Å². The Hall–Kier alpha value is -0.600. The molecule has 2 nitrogen and oxygen atoms in total. The van der Waals surface area contributed by atoms with Crippen molar-refractivity contribution >= 4 is 0 Å². The summed E-state index contributed by atoms with van der Waals surface area (Å²) in [5, 5.41) is 7.44. The molecule has 3 aliphatic rings. The Bertz CT molecular complexity index is 306. The fourth-order valence-electron chi connectivity index (χ4n) is 3.35. The van der Waals surface area contributed by atoms with Crippen LogP contribution in [0.15, 0.2) is 23.8 Å². The molecular weight excluding hydrogens is 184 g/mol. The fourth-order valence-corrected chi connectivity index (χ4v) is 3.35. The van der Waals surface area contributed by atoms with Gasteiger partial charge in [-0.15, -0.1) is 0 Å². The largest absolute Gasteiger partial charge is 0.298 e. The molecule has 0 bridgehead atoms. The minimum atomic E-state index is 0.512. The van der Waals surface area contributed by atoms with Crippen molar-refractivity contribution in [2.24, 2.45) is 5.92 Å². The highest BCUT2D eigenvalue weighted by molar-refractivity contribution is 5.30. The number of allylic oxidation sites excluding steroid dienone is 2. The van der Waals surface area contributed by atoms with Crippen LogP contribution in [0.2, 0.25) is 0 Å². The summed E-state index contributed by atoms with van der Waals surface area (Å²) < 4.78 is 0. The summed E-state index contributed by atoms with van der Waals surface area (Å²) in [6.07, 6.45) is 12.6. The first kappa shape index (κ1) is 9.61. The molecule has 0 radical (unpaired) electrons. The van der Waals surface area contributed by atoms with E-state index in [1.54, 1.807) is 5.57 Å². The minimum absolute atomic E-state index is 0.512. The van der Waals surface area contributed by atoms with Gasteiger partial charge in [0.05, 0.1) is 6.17 Å². The molecular formula is C13H20N2. The van der Waals surface area contributed by atoms with Crippen molar-refractivity contribution in [1.29, 1.82) is 0 Å². The van der Waals surface area contributed by atoms with Crippen LogP contribution in [0.4, 0.5) is 0 Å². The number of nitrogens with one attached hydrogen (secondary N) is 2. The Kier molecular flexibility index (Phi) is 2.41. The summed E-state index contributed by atoms with van der Waals surface area (Å²) >= 11 is 0. The molecule has 2 fully saturated rings. The van der Waals surface area contributed by atoms with Crippen molar-refractivity contribution in [3.8, 4) is 0 Å². The lowest BCUT2D eigenvalue weighted by Gasteiger charge is -2.47. The second-order valence-electron chi connectivity index (χ2n) is 4.97. The standard InChI is InChI=1S/C13H20N2/c1-2-12-14-10-7-3-5-9-6-4-8-11(15-12)13(9)10/h3,5,7,10-15H,2,4,6,8H2,1H3. The lowest BCUT2D eigenvalue weighted by Crippen LogP contribution is -2.64. The Morgan fingerprint density at radius 2 is 2.33 bits per heavy atom. The van der Waals surface area contributed by atoms with Crippen LogP contribution < -0.4 is 10.6 Å². The molecule has 2 N–H and O–H groups in total. The third-order valence-corrected chi connectivity index (χ3v) is 4.08. The van der Waals surface area contributed by atoms with Gasteiger partial charge in [-0.3, -0.25) is 10.6 Å². The van der Waals surface area contributed by atoms with E-state index < -0.39 is 0 Å². The van der Waals surface area contributed by atoms with Crippen molar-refractivity contribution in [3.63, 3.8) is 0 Å². The van der Waals surface area contributed by atoms with Crippen LogP contribution in [0.5, 0.6) is 0 Å². The van der Waals surface area contributed by atoms with Gasteiger partial charge in [0.1, 0.15) is 0 Å². The van der Waals surface area contributed by atoms with Gasteiger partial charge in [0.25, 0.3) is 0 Å². The van der Waals surface area contributed by atoms with Crippen LogP contribution in [0.1, 0.15) is 32.6 Å². The van der Waals surface area contributed by atoms with Crippen molar-refractivity contribution in [2.75, 3.05) is 0 Å². The molecule has 2 heteroatoms. The van der Waals surface area contributed by atoms with Crippen molar-refractivity contribution in [1.82, 2.24) is 10.6 Å². The van der Waals surface area contributed by atoms with E-state index in [-0.39, 0.29) is 0 Å². The lowest BCUT2D eigenvalue weighted by atomic mass is 9.72. The lowest BCUT2D eigenvalue weighted by molar-refractivity contribution is 0.174. The van der Waals surface area contributed by atoms with E-state index in [4.69, 9.17) is 0 Å². The van der Waals surface area contributed by atoms with Crippen LogP contribution >= 0.6 is 0 Å². The summed E-state index contributed by atoms with van der Waals surface area (Å²) in [5.74, 6) is 0.728. The third kappa shape index (κ3) is 1.56. The van der Waals surface area contributed by atoms with Crippen LogP contribution in [-0.4, -0.2) is 18.2 Å². The highest BCUT2D eigenvalue weighted by atomic mass is 15.2. The molecule has 1 saturated carbocycles. The molecule has 0 aromatic rings. The van der Waals surface area contributed by atoms with Gasteiger partial charge in [-0.25, -0.2) is 0 Å². The maximum Gasteiger partial charge on any atom is 0.0576 e. The topological polar surface area (TPSA) is 24.1 Å². The maximum absolute atomic E-state index is 3.75. The third-order valence-electron chi connectivity index (χ3n) is 4.08. The average molecular weight is 204 g/mol. The van der Waals surface area contributed by atoms with E-state index in [9.17, 15) is 0 Å². The monoisotopic (exact) mass is 204 g/mol. The van der Waals surface area contributed by atoms with Crippen molar-refractivity contribution in [3.05, 3.63) is 23.8 Å². The van der Waals surface area contributed by atoms with Crippen LogP contribution in [0, 0.1) is 5.92 Å². The smallest absolute Gasteiger partial charge is 0.0576 e. The quantitative estimate of drug-likeness (QED) is 0.682. The number of hydrogen-bond acceptors (Lipinski definition) is 2. The summed E-state index contributed by atoms with van der Waals surface area (Å²) in [6.45, 7) is 2.25. The molecule has 0 aromatic carbocycles. The van der Waals surface area contributed by atoms with E-state index in [0.717, 1.165) is 5.92 Å². The van der Waals surface area contributed by atoms with E-state index >= 15 is 0 Å². The SMILES string of the molecule is CCC1NC2C=CC=C3CCCC(N1)C32. The molecule has 1 aliphatic heterocycles. The highest BCUT2D eigenvalue weighted by Crippen LogP contribution is 2.37. The molecule has 0 aromatic heterocycles. The Balaban J connectivity index is 1.87. The highest BCUT2D eigenvalue weighted by Gasteiger charge is 2.39. The van der Waals surface area contributed by atoms with E-state index in [1.165, 1.54) is 25.7 Å². The van der Waals surface area contributed by atoms with Crippen LogP contribution in [0.3, 0.4) is 0 Å². The molecule has 2 aliphatic carbocycles. The molecule has 0 spiro atoms. The van der Waals surface area contributed by atoms with Gasteiger partial charge in [0, 0.05) is 18.0 Å². The Labute approximate surface area is 91.8 Å². The Morgan fingerprint density at radius 1 is 1.40 bits per heavy atom. The first-order valence-electron chi connectivity index (χ1n) is 6.28. The predicted octanol–water partition coefficient (Wildman–Crippen LogP) is 1.95. The molecule has 1 heterocycles. The molecule has 0 amide bonds. The summed E-state index contributed by atoms with van der Waals surface area (Å²) in [4.78, 5) is 0. The molecule has 82 valence electrons. The maximum atomic E-state index is 3.75. The van der Waals surface area contributed by atoms with Crippen LogP contribution in [-0.2, 0) is 0 Å². The normalized spacial score (nSPS) is 43.4. The summed E-state index contributed by atoms with van der Waals surface area (Å²) in [5.41, 5.74) is 1.66. The Morgan fingerprint density at radius 3 is 3.20 bits per heavy atom. The second-order valence-corrected chi connectivity index (χ2v) is 4.97. The van der Waals surface area contributed by atoms with Crippen LogP contribution in [0.25, 0.3) is 0 Å².